The minimum atomic E-state index is -4.63. The fourth-order valence-corrected chi connectivity index (χ4v) is 6.70. The van der Waals surface area contributed by atoms with E-state index in [0.29, 0.717) is 13.0 Å². The van der Waals surface area contributed by atoms with E-state index in [1.807, 2.05) is 0 Å². The van der Waals surface area contributed by atoms with Gasteiger partial charge in [0.05, 0.1) is 19.8 Å². The first-order valence-electron chi connectivity index (χ1n) is 23.0. The monoisotopic (exact) mass is 850 g/mol. The number of nitrogens with two attached hydrogens (primary N) is 1. The van der Waals surface area contributed by atoms with E-state index >= 15 is 0 Å². The van der Waals surface area contributed by atoms with Crippen molar-refractivity contribution in [2.45, 2.75) is 193 Å². The highest BCUT2D eigenvalue weighted by Crippen LogP contribution is 2.43. The van der Waals surface area contributed by atoms with E-state index in [2.05, 4.69) is 86.8 Å². The summed E-state index contributed by atoms with van der Waals surface area (Å²) in [6.45, 7) is 3.72. The molecule has 0 amide bonds. The molecule has 10 nitrogen and oxygen atoms in total. The molecule has 0 spiro atoms. The molecule has 0 saturated heterocycles. The van der Waals surface area contributed by atoms with Gasteiger partial charge in [-0.3, -0.25) is 18.6 Å². The lowest BCUT2D eigenvalue weighted by Gasteiger charge is -2.20. The molecule has 3 atom stereocenters. The number of carboxylic acid groups (broad SMARTS) is 1. The van der Waals surface area contributed by atoms with Crippen LogP contribution in [0.15, 0.2) is 72.9 Å². The zero-order valence-electron chi connectivity index (χ0n) is 37.1. The molecule has 3 unspecified atom stereocenters. The highest BCUT2D eigenvalue weighted by Gasteiger charge is 2.27. The van der Waals surface area contributed by atoms with Gasteiger partial charge in [-0.25, -0.2) is 4.57 Å². The summed E-state index contributed by atoms with van der Waals surface area (Å²) in [5, 5.41) is 8.91. The number of carbonyl (C=O) groups is 2. The smallest absolute Gasteiger partial charge is 0.472 e. The number of hydrogen-bond donors (Lipinski definition) is 3. The molecule has 0 saturated carbocycles. The van der Waals surface area contributed by atoms with Gasteiger partial charge in [-0.2, -0.15) is 0 Å². The molecule has 0 aliphatic carbocycles. The molecule has 0 radical (unpaired) electrons. The predicted molar refractivity (Wildman–Crippen MR) is 244 cm³/mol. The molecule has 4 N–H and O–H groups in total. The van der Waals surface area contributed by atoms with Crippen LogP contribution in [0.5, 0.6) is 0 Å². The number of allylic oxidation sites excluding steroid dienone is 12. The van der Waals surface area contributed by atoms with Crippen LogP contribution in [0.2, 0.25) is 0 Å². The Labute approximate surface area is 359 Å². The first kappa shape index (κ1) is 56.4. The molecule has 0 heterocycles. The maximum Gasteiger partial charge on any atom is 0.472 e. The quantitative estimate of drug-likeness (QED) is 0.0234. The summed E-state index contributed by atoms with van der Waals surface area (Å²) in [5.74, 6) is -1.80. The number of unbranched alkanes of at least 4 members (excludes halogenated alkanes) is 17. The number of phosphoric ester groups is 1. The lowest BCUT2D eigenvalue weighted by molar-refractivity contribution is -0.154. The molecule has 0 aliphatic rings. The molecule has 0 rings (SSSR count). The van der Waals surface area contributed by atoms with Crippen molar-refractivity contribution in [2.24, 2.45) is 5.73 Å². The Morgan fingerprint density at radius 3 is 1.49 bits per heavy atom. The number of ether oxygens (including phenoxy) is 2. The van der Waals surface area contributed by atoms with E-state index in [-0.39, 0.29) is 13.0 Å². The van der Waals surface area contributed by atoms with Crippen molar-refractivity contribution in [3.8, 4) is 0 Å². The fraction of sp³-hybridized carbons (Fsp3) is 0.708. The Morgan fingerprint density at radius 2 is 0.983 bits per heavy atom. The maximum absolute atomic E-state index is 12.7. The lowest BCUT2D eigenvalue weighted by Crippen LogP contribution is -2.34. The van der Waals surface area contributed by atoms with Gasteiger partial charge in [0.2, 0.25) is 0 Å². The summed E-state index contributed by atoms with van der Waals surface area (Å²) in [5.41, 5.74) is 5.36. The molecule has 0 aliphatic heterocycles. The molecular formula is C48H84NO9P. The van der Waals surface area contributed by atoms with Gasteiger partial charge in [0.15, 0.2) is 0 Å². The van der Waals surface area contributed by atoms with Gasteiger partial charge in [0.25, 0.3) is 0 Å². The predicted octanol–water partition coefficient (Wildman–Crippen LogP) is 13.0. The van der Waals surface area contributed by atoms with Crippen LogP contribution in [0, 0.1) is 0 Å². The highest BCUT2D eigenvalue weighted by molar-refractivity contribution is 7.47. The van der Waals surface area contributed by atoms with Crippen LogP contribution in [-0.4, -0.2) is 60.5 Å². The van der Waals surface area contributed by atoms with Crippen molar-refractivity contribution in [3.63, 3.8) is 0 Å². The topological polar surface area (TPSA) is 155 Å². The number of carbonyl (C=O) groups excluding carboxylic acids is 1. The molecule has 0 aromatic heterocycles. The SMILES string of the molecule is CC/C=C\C/C=C\C/C=C\C/C=C\C/C=C\CCCCCCCC(=O)OC(COCCCCCCCC/C=C\CCCCCCCC)COP(=O)(O)OCC(N)C(=O)O. The van der Waals surface area contributed by atoms with Gasteiger partial charge in [0.1, 0.15) is 12.1 Å². The molecule has 0 fully saturated rings. The molecule has 0 aromatic rings. The van der Waals surface area contributed by atoms with Crippen LogP contribution >= 0.6 is 7.82 Å². The van der Waals surface area contributed by atoms with Gasteiger partial charge >= 0.3 is 19.8 Å². The van der Waals surface area contributed by atoms with Gasteiger partial charge in [-0.1, -0.05) is 164 Å². The molecule has 340 valence electrons. The minimum absolute atomic E-state index is 0.00124. The zero-order chi connectivity index (χ0) is 43.3. The van der Waals surface area contributed by atoms with Crippen LogP contribution in [0.1, 0.15) is 181 Å². The Bertz CT molecular complexity index is 1210. The van der Waals surface area contributed by atoms with E-state index in [4.69, 9.17) is 29.4 Å². The lowest BCUT2D eigenvalue weighted by atomic mass is 10.1. The number of phosphoric acid groups is 1. The van der Waals surface area contributed by atoms with Crippen LogP contribution in [0.4, 0.5) is 0 Å². The normalized spacial score (nSPS) is 14.5. The van der Waals surface area contributed by atoms with Crippen LogP contribution in [-0.2, 0) is 32.7 Å². The summed E-state index contributed by atoms with van der Waals surface area (Å²) >= 11 is 0. The third-order valence-corrected chi connectivity index (χ3v) is 10.4. The highest BCUT2D eigenvalue weighted by atomic mass is 31.2. The summed E-state index contributed by atoms with van der Waals surface area (Å²) in [6.07, 6.45) is 53.8. The van der Waals surface area contributed by atoms with E-state index in [9.17, 15) is 19.0 Å². The average molecular weight is 850 g/mol. The van der Waals surface area contributed by atoms with Crippen molar-refractivity contribution < 1.29 is 42.7 Å². The molecule has 59 heavy (non-hydrogen) atoms. The second-order valence-electron chi connectivity index (χ2n) is 15.1. The average Bonchev–Trinajstić information content (AvgIpc) is 3.21. The Balaban J connectivity index is 4.28. The van der Waals surface area contributed by atoms with Crippen LogP contribution in [0.25, 0.3) is 0 Å². The number of esters is 1. The third-order valence-electron chi connectivity index (χ3n) is 9.47. The number of hydrogen-bond acceptors (Lipinski definition) is 8. The zero-order valence-corrected chi connectivity index (χ0v) is 38.0. The Kier molecular flexibility index (Phi) is 41.6. The molecule has 11 heteroatoms. The molecule has 0 bridgehead atoms. The van der Waals surface area contributed by atoms with Gasteiger partial charge in [-0.15, -0.1) is 0 Å². The summed E-state index contributed by atoms with van der Waals surface area (Å²) in [6, 6.07) is -1.48. The Hall–Kier alpha value is -2.59. The summed E-state index contributed by atoms with van der Waals surface area (Å²) in [7, 11) is -4.63. The first-order valence-corrected chi connectivity index (χ1v) is 24.5. The van der Waals surface area contributed by atoms with Crippen molar-refractivity contribution in [3.05, 3.63) is 72.9 Å². The summed E-state index contributed by atoms with van der Waals surface area (Å²) < 4.78 is 33.4. The van der Waals surface area contributed by atoms with E-state index in [0.717, 1.165) is 89.9 Å². The second-order valence-corrected chi connectivity index (χ2v) is 16.6. The van der Waals surface area contributed by atoms with E-state index in [1.165, 1.54) is 64.2 Å². The Morgan fingerprint density at radius 1 is 0.559 bits per heavy atom. The van der Waals surface area contributed by atoms with E-state index < -0.39 is 45.1 Å². The van der Waals surface area contributed by atoms with Gasteiger partial charge in [-0.05, 0) is 83.5 Å². The standard InChI is InChI=1S/C48H84NO9P/c1-3-5-7-9-11-13-15-17-19-21-22-23-24-25-26-28-30-32-34-36-38-40-47(50)58-45(43-56-59(53,54)57-44-46(49)48(51)52)42-55-41-39-37-35-33-31-29-27-20-18-16-14-12-10-8-6-4-2/h5,7,11,13,17-20,22-23,25-26,45-46H,3-4,6,8-10,12,14-16,21,24,27-44,49H2,1-2H3,(H,51,52)(H,53,54)/b7-5-,13-11-,19-17-,20-18-,23-22-,26-25-. The fourth-order valence-electron chi connectivity index (χ4n) is 5.92. The van der Waals surface area contributed by atoms with Crippen molar-refractivity contribution in [1.82, 2.24) is 0 Å². The largest absolute Gasteiger partial charge is 0.480 e. The van der Waals surface area contributed by atoms with E-state index in [1.54, 1.807) is 0 Å². The minimum Gasteiger partial charge on any atom is -0.480 e. The van der Waals surface area contributed by atoms with Crippen molar-refractivity contribution in [2.75, 3.05) is 26.4 Å². The first-order chi connectivity index (χ1) is 28.7. The van der Waals surface area contributed by atoms with Crippen molar-refractivity contribution in [1.29, 1.82) is 0 Å². The molecular weight excluding hydrogens is 766 g/mol. The summed E-state index contributed by atoms with van der Waals surface area (Å²) in [4.78, 5) is 33.6. The maximum atomic E-state index is 12.7. The third kappa shape index (κ3) is 43.3. The van der Waals surface area contributed by atoms with Crippen LogP contribution in [0.3, 0.4) is 0 Å². The van der Waals surface area contributed by atoms with Gasteiger partial charge in [0, 0.05) is 13.0 Å². The number of rotatable bonds is 43. The van der Waals surface area contributed by atoms with Crippen LogP contribution < -0.4 is 5.73 Å². The van der Waals surface area contributed by atoms with Gasteiger partial charge < -0.3 is 25.2 Å². The number of aliphatic carboxylic acids is 1. The number of carboxylic acids is 1. The van der Waals surface area contributed by atoms with Crippen molar-refractivity contribution >= 4 is 19.8 Å². The second kappa shape index (κ2) is 43.5. The molecule has 0 aromatic carbocycles.